The predicted octanol–water partition coefficient (Wildman–Crippen LogP) is 3.24. The molecule has 0 aliphatic rings. The number of hydrogen-bond acceptors (Lipinski definition) is 2. The molecule has 1 unspecified atom stereocenters. The zero-order valence-corrected chi connectivity index (χ0v) is 11.4. The van der Waals surface area contributed by atoms with Crippen LogP contribution in [0.15, 0.2) is 16.6 Å². The summed E-state index contributed by atoms with van der Waals surface area (Å²) in [5, 5.41) is 2.17. The smallest absolute Gasteiger partial charge is 0.391 e. The summed E-state index contributed by atoms with van der Waals surface area (Å²) < 4.78 is 49.6. The van der Waals surface area contributed by atoms with Gasteiger partial charge in [0.05, 0.1) is 17.7 Å². The van der Waals surface area contributed by atoms with Crippen molar-refractivity contribution >= 4 is 27.5 Å². The Morgan fingerprint density at radius 2 is 2.05 bits per heavy atom. The molecule has 0 heterocycles. The molecule has 3 nitrogen and oxygen atoms in total. The number of nitrogens with two attached hydrogens (primary N) is 1. The number of nitrogens with one attached hydrogen (secondary N) is 1. The minimum atomic E-state index is -4.37. The normalized spacial score (nSPS) is 13.2. The van der Waals surface area contributed by atoms with Crippen molar-refractivity contribution in [3.05, 3.63) is 28.0 Å². The van der Waals surface area contributed by atoms with Crippen LogP contribution < -0.4 is 11.1 Å². The van der Waals surface area contributed by atoms with Gasteiger partial charge in [0.25, 0.3) is 5.91 Å². The first-order valence-corrected chi connectivity index (χ1v) is 6.01. The Morgan fingerprint density at radius 1 is 1.47 bits per heavy atom. The lowest BCUT2D eigenvalue weighted by Crippen LogP contribution is -2.36. The summed E-state index contributed by atoms with van der Waals surface area (Å²) in [7, 11) is 0. The van der Waals surface area contributed by atoms with Crippen LogP contribution in [0, 0.1) is 5.82 Å². The molecule has 0 saturated carbocycles. The summed E-state index contributed by atoms with van der Waals surface area (Å²) in [4.78, 5) is 11.7. The summed E-state index contributed by atoms with van der Waals surface area (Å²) in [5.74, 6) is -1.47. The highest BCUT2D eigenvalue weighted by Crippen LogP contribution is 2.24. The van der Waals surface area contributed by atoms with E-state index in [1.807, 2.05) is 0 Å². The molecule has 0 spiro atoms. The molecule has 0 saturated heterocycles. The van der Waals surface area contributed by atoms with E-state index in [4.69, 9.17) is 5.73 Å². The third-order valence-corrected chi connectivity index (χ3v) is 2.90. The highest BCUT2D eigenvalue weighted by molar-refractivity contribution is 9.10. The van der Waals surface area contributed by atoms with Gasteiger partial charge in [-0.25, -0.2) is 4.39 Å². The van der Waals surface area contributed by atoms with E-state index in [0.29, 0.717) is 0 Å². The van der Waals surface area contributed by atoms with Crippen molar-refractivity contribution in [1.82, 2.24) is 5.32 Å². The van der Waals surface area contributed by atoms with Crippen LogP contribution in [0.1, 0.15) is 23.7 Å². The van der Waals surface area contributed by atoms with Crippen LogP contribution in [0.4, 0.5) is 23.2 Å². The molecule has 8 heteroatoms. The molecule has 0 aliphatic heterocycles. The van der Waals surface area contributed by atoms with Crippen molar-refractivity contribution in [2.45, 2.75) is 25.6 Å². The lowest BCUT2D eigenvalue weighted by atomic mass is 10.1. The summed E-state index contributed by atoms with van der Waals surface area (Å²) in [6.45, 7) is 1.23. The maximum Gasteiger partial charge on any atom is 0.391 e. The number of nitrogen functional groups attached to an aromatic ring is 1. The minimum absolute atomic E-state index is 0.0204. The maximum absolute atomic E-state index is 13.1. The average Bonchev–Trinajstić information content (AvgIpc) is 2.20. The lowest BCUT2D eigenvalue weighted by molar-refractivity contribution is -0.138. The first-order chi connectivity index (χ1) is 8.60. The van der Waals surface area contributed by atoms with E-state index < -0.39 is 30.4 Å². The fourth-order valence-electron chi connectivity index (χ4n) is 1.44. The van der Waals surface area contributed by atoms with Crippen molar-refractivity contribution in [2.75, 3.05) is 5.73 Å². The maximum atomic E-state index is 13.1. The second-order valence-corrected chi connectivity index (χ2v) is 4.90. The van der Waals surface area contributed by atoms with E-state index in [1.54, 1.807) is 0 Å². The summed E-state index contributed by atoms with van der Waals surface area (Å²) in [6.07, 6.45) is -5.52. The molecule has 19 heavy (non-hydrogen) atoms. The fraction of sp³-hybridized carbons (Fsp3) is 0.364. The van der Waals surface area contributed by atoms with Crippen LogP contribution in [-0.4, -0.2) is 18.1 Å². The molecule has 0 aromatic heterocycles. The van der Waals surface area contributed by atoms with Gasteiger partial charge in [-0.1, -0.05) is 0 Å². The highest BCUT2D eigenvalue weighted by atomic mass is 79.9. The van der Waals surface area contributed by atoms with E-state index in [1.165, 1.54) is 6.92 Å². The number of benzene rings is 1. The number of hydrogen-bond donors (Lipinski definition) is 2. The Bertz CT molecular complexity index is 490. The van der Waals surface area contributed by atoms with Gasteiger partial charge in [0, 0.05) is 10.5 Å². The van der Waals surface area contributed by atoms with Gasteiger partial charge in [0.2, 0.25) is 0 Å². The van der Waals surface area contributed by atoms with Crippen LogP contribution in [-0.2, 0) is 0 Å². The molecule has 3 N–H and O–H groups in total. The van der Waals surface area contributed by atoms with E-state index in [-0.39, 0.29) is 15.7 Å². The monoisotopic (exact) mass is 342 g/mol. The van der Waals surface area contributed by atoms with Crippen LogP contribution >= 0.6 is 15.9 Å². The van der Waals surface area contributed by atoms with Gasteiger partial charge in [-0.3, -0.25) is 4.79 Å². The Balaban J connectivity index is 2.82. The average molecular weight is 343 g/mol. The minimum Gasteiger partial charge on any atom is -0.396 e. The quantitative estimate of drug-likeness (QED) is 0.654. The number of carbonyl (C=O) groups excluding carboxylic acids is 1. The third kappa shape index (κ3) is 4.70. The van der Waals surface area contributed by atoms with Crippen molar-refractivity contribution < 1.29 is 22.4 Å². The summed E-state index contributed by atoms with van der Waals surface area (Å²) in [6, 6.07) is 0.957. The standard InChI is InChI=1S/C11H11BrF4N2O/c1-5(4-11(14,15)16)18-10(19)6-2-9(17)8(13)3-7(6)12/h2-3,5H,4,17H2,1H3,(H,18,19). The number of anilines is 1. The SMILES string of the molecule is CC(CC(F)(F)F)NC(=O)c1cc(N)c(F)cc1Br. The zero-order chi connectivity index (χ0) is 14.8. The molecule has 1 aromatic carbocycles. The summed E-state index contributed by atoms with van der Waals surface area (Å²) in [5.41, 5.74) is 5.03. The molecular formula is C11H11BrF4N2O. The van der Waals surface area contributed by atoms with Gasteiger partial charge in [0.1, 0.15) is 5.82 Å². The number of halogens is 5. The Morgan fingerprint density at radius 3 is 2.58 bits per heavy atom. The van der Waals surface area contributed by atoms with Gasteiger partial charge in [-0.05, 0) is 35.0 Å². The summed E-state index contributed by atoms with van der Waals surface area (Å²) >= 11 is 2.95. The van der Waals surface area contributed by atoms with Crippen LogP contribution in [0.5, 0.6) is 0 Å². The number of alkyl halides is 3. The number of amides is 1. The van der Waals surface area contributed by atoms with Crippen molar-refractivity contribution in [3.8, 4) is 0 Å². The van der Waals surface area contributed by atoms with Crippen molar-refractivity contribution in [3.63, 3.8) is 0 Å². The first kappa shape index (κ1) is 15.7. The molecule has 106 valence electrons. The van der Waals surface area contributed by atoms with E-state index >= 15 is 0 Å². The van der Waals surface area contributed by atoms with E-state index in [2.05, 4.69) is 21.2 Å². The Kier molecular flexibility index (Phi) is 4.78. The second-order valence-electron chi connectivity index (χ2n) is 4.05. The molecule has 1 amide bonds. The topological polar surface area (TPSA) is 55.1 Å². The molecule has 1 rings (SSSR count). The Labute approximate surface area is 115 Å². The van der Waals surface area contributed by atoms with Gasteiger partial charge >= 0.3 is 6.18 Å². The number of carbonyl (C=O) groups is 1. The fourth-order valence-corrected chi connectivity index (χ4v) is 1.93. The molecule has 1 aromatic rings. The molecule has 0 aliphatic carbocycles. The van der Waals surface area contributed by atoms with Crippen LogP contribution in [0.25, 0.3) is 0 Å². The van der Waals surface area contributed by atoms with Gasteiger partial charge in [-0.2, -0.15) is 13.2 Å². The molecule has 0 radical (unpaired) electrons. The van der Waals surface area contributed by atoms with Gasteiger partial charge in [-0.15, -0.1) is 0 Å². The lowest BCUT2D eigenvalue weighted by Gasteiger charge is -2.16. The predicted molar refractivity (Wildman–Crippen MR) is 66.1 cm³/mol. The first-order valence-electron chi connectivity index (χ1n) is 5.22. The molecule has 0 bridgehead atoms. The van der Waals surface area contributed by atoms with Crippen molar-refractivity contribution in [1.29, 1.82) is 0 Å². The highest BCUT2D eigenvalue weighted by Gasteiger charge is 2.30. The van der Waals surface area contributed by atoms with E-state index in [0.717, 1.165) is 12.1 Å². The molecule has 0 fully saturated rings. The molecular weight excluding hydrogens is 332 g/mol. The molecule has 1 atom stereocenters. The van der Waals surface area contributed by atoms with Crippen molar-refractivity contribution in [2.24, 2.45) is 0 Å². The third-order valence-electron chi connectivity index (χ3n) is 2.25. The van der Waals surface area contributed by atoms with Crippen LogP contribution in [0.2, 0.25) is 0 Å². The zero-order valence-electron chi connectivity index (χ0n) is 9.81. The van der Waals surface area contributed by atoms with E-state index in [9.17, 15) is 22.4 Å². The largest absolute Gasteiger partial charge is 0.396 e. The Hall–Kier alpha value is -1.31. The number of rotatable bonds is 3. The second kappa shape index (κ2) is 5.77. The van der Waals surface area contributed by atoms with Crippen LogP contribution in [0.3, 0.4) is 0 Å². The van der Waals surface area contributed by atoms with Gasteiger partial charge < -0.3 is 11.1 Å². The van der Waals surface area contributed by atoms with Gasteiger partial charge in [0.15, 0.2) is 0 Å².